The Kier molecular flexibility index (Phi) is 5.14. The summed E-state index contributed by atoms with van der Waals surface area (Å²) in [5, 5.41) is 11.6. The number of nitrogens with zero attached hydrogens (tertiary/aromatic N) is 1. The molecule has 1 N–H and O–H groups in total. The minimum atomic E-state index is -3.19. The first-order chi connectivity index (χ1) is 10.9. The van der Waals surface area contributed by atoms with Crippen LogP contribution < -0.4 is 5.32 Å². The number of amides is 1. The van der Waals surface area contributed by atoms with Gasteiger partial charge in [0, 0.05) is 18.4 Å². The van der Waals surface area contributed by atoms with Crippen LogP contribution in [-0.4, -0.2) is 27.1 Å². The van der Waals surface area contributed by atoms with Gasteiger partial charge in [0.2, 0.25) is 0 Å². The Labute approximate surface area is 135 Å². The van der Waals surface area contributed by atoms with Crippen molar-refractivity contribution in [2.45, 2.75) is 11.3 Å². The zero-order valence-corrected chi connectivity index (χ0v) is 13.4. The van der Waals surface area contributed by atoms with Crippen molar-refractivity contribution in [1.82, 2.24) is 5.32 Å². The number of carbonyl (C=O) groups is 1. The van der Waals surface area contributed by atoms with Crippen LogP contribution in [0.4, 0.5) is 0 Å². The van der Waals surface area contributed by atoms with E-state index < -0.39 is 9.84 Å². The molecular weight excluding hydrogens is 312 g/mol. The van der Waals surface area contributed by atoms with Gasteiger partial charge in [0.15, 0.2) is 9.84 Å². The van der Waals surface area contributed by atoms with E-state index in [0.29, 0.717) is 24.1 Å². The van der Waals surface area contributed by atoms with Crippen LogP contribution in [-0.2, 0) is 16.3 Å². The average molecular weight is 328 g/mol. The number of nitrogens with one attached hydrogen (secondary N) is 1. The molecule has 0 heterocycles. The zero-order chi connectivity index (χ0) is 16.9. The van der Waals surface area contributed by atoms with Gasteiger partial charge < -0.3 is 5.32 Å². The number of carbonyl (C=O) groups excluding carboxylic acids is 1. The normalized spacial score (nSPS) is 10.8. The van der Waals surface area contributed by atoms with Gasteiger partial charge >= 0.3 is 0 Å². The van der Waals surface area contributed by atoms with E-state index in [4.69, 9.17) is 5.26 Å². The third-order valence-electron chi connectivity index (χ3n) is 3.30. The maximum Gasteiger partial charge on any atom is 0.251 e. The van der Waals surface area contributed by atoms with E-state index in [-0.39, 0.29) is 10.8 Å². The Morgan fingerprint density at radius 1 is 1.17 bits per heavy atom. The van der Waals surface area contributed by atoms with Crippen molar-refractivity contribution >= 4 is 15.7 Å². The molecule has 0 saturated heterocycles. The molecular formula is C17H16N2O3S. The molecule has 0 aliphatic rings. The lowest BCUT2D eigenvalue weighted by Gasteiger charge is -2.06. The molecule has 0 aliphatic carbocycles. The molecule has 2 rings (SSSR count). The molecule has 0 aromatic heterocycles. The van der Waals surface area contributed by atoms with Crippen molar-refractivity contribution in [1.29, 1.82) is 5.26 Å². The van der Waals surface area contributed by atoms with Crippen LogP contribution >= 0.6 is 0 Å². The number of hydrogen-bond acceptors (Lipinski definition) is 4. The monoisotopic (exact) mass is 328 g/mol. The largest absolute Gasteiger partial charge is 0.352 e. The van der Waals surface area contributed by atoms with Crippen molar-refractivity contribution in [3.05, 3.63) is 65.2 Å². The smallest absolute Gasteiger partial charge is 0.251 e. The second-order valence-electron chi connectivity index (χ2n) is 5.11. The van der Waals surface area contributed by atoms with Crippen molar-refractivity contribution in [2.24, 2.45) is 0 Å². The first-order valence-electron chi connectivity index (χ1n) is 6.97. The Morgan fingerprint density at radius 3 is 2.48 bits per heavy atom. The molecule has 0 saturated carbocycles. The fourth-order valence-electron chi connectivity index (χ4n) is 2.06. The van der Waals surface area contributed by atoms with Crippen LogP contribution in [0.15, 0.2) is 53.4 Å². The first kappa shape index (κ1) is 16.7. The molecule has 6 heteroatoms. The summed E-state index contributed by atoms with van der Waals surface area (Å²) in [7, 11) is -3.19. The quantitative estimate of drug-likeness (QED) is 0.908. The summed E-state index contributed by atoms with van der Waals surface area (Å²) < 4.78 is 22.8. The minimum Gasteiger partial charge on any atom is -0.352 e. The number of sulfone groups is 1. The fraction of sp³-hybridized carbons (Fsp3) is 0.176. The molecule has 0 unspecified atom stereocenters. The van der Waals surface area contributed by atoms with E-state index in [1.165, 1.54) is 6.07 Å². The molecule has 0 spiro atoms. The third-order valence-corrected chi connectivity index (χ3v) is 4.43. The van der Waals surface area contributed by atoms with Gasteiger partial charge in [-0.3, -0.25) is 4.79 Å². The molecule has 0 radical (unpaired) electrons. The van der Waals surface area contributed by atoms with Gasteiger partial charge in [0.05, 0.1) is 16.5 Å². The highest BCUT2D eigenvalue weighted by Crippen LogP contribution is 2.10. The fourth-order valence-corrected chi connectivity index (χ4v) is 2.69. The van der Waals surface area contributed by atoms with Crippen LogP contribution in [0.2, 0.25) is 0 Å². The highest BCUT2D eigenvalue weighted by Gasteiger charge is 2.07. The van der Waals surface area contributed by atoms with Crippen LogP contribution in [0.1, 0.15) is 21.5 Å². The predicted octanol–water partition coefficient (Wildman–Crippen LogP) is 1.93. The average Bonchev–Trinajstić information content (AvgIpc) is 2.54. The van der Waals surface area contributed by atoms with E-state index >= 15 is 0 Å². The van der Waals surface area contributed by atoms with Crippen LogP contribution in [0, 0.1) is 11.3 Å². The van der Waals surface area contributed by atoms with E-state index in [1.807, 2.05) is 6.07 Å². The Bertz CT molecular complexity index is 850. The number of rotatable bonds is 5. The lowest BCUT2D eigenvalue weighted by atomic mass is 10.1. The molecule has 118 valence electrons. The second-order valence-corrected chi connectivity index (χ2v) is 7.13. The predicted molar refractivity (Wildman–Crippen MR) is 86.7 cm³/mol. The van der Waals surface area contributed by atoms with Gasteiger partial charge in [-0.2, -0.15) is 5.26 Å². The summed E-state index contributed by atoms with van der Waals surface area (Å²) in [5.41, 5.74) is 1.81. The van der Waals surface area contributed by atoms with E-state index in [2.05, 4.69) is 5.32 Å². The summed E-state index contributed by atoms with van der Waals surface area (Å²) in [6.45, 7) is 0.424. The van der Waals surface area contributed by atoms with Crippen LogP contribution in [0.25, 0.3) is 0 Å². The first-order valence-corrected chi connectivity index (χ1v) is 8.86. The Hall–Kier alpha value is -2.65. The number of hydrogen-bond donors (Lipinski definition) is 1. The van der Waals surface area contributed by atoms with Gasteiger partial charge in [0.1, 0.15) is 0 Å². The van der Waals surface area contributed by atoms with Gasteiger partial charge in [0.25, 0.3) is 5.91 Å². The van der Waals surface area contributed by atoms with Crippen LogP contribution in [0.3, 0.4) is 0 Å². The molecule has 2 aromatic carbocycles. The zero-order valence-electron chi connectivity index (χ0n) is 12.6. The summed E-state index contributed by atoms with van der Waals surface area (Å²) >= 11 is 0. The van der Waals surface area contributed by atoms with Gasteiger partial charge in [-0.15, -0.1) is 0 Å². The molecule has 2 aromatic rings. The summed E-state index contributed by atoms with van der Waals surface area (Å²) in [4.78, 5) is 12.3. The van der Waals surface area contributed by atoms with Gasteiger partial charge in [-0.1, -0.05) is 18.2 Å². The van der Waals surface area contributed by atoms with Crippen molar-refractivity contribution < 1.29 is 13.2 Å². The molecule has 0 fully saturated rings. The van der Waals surface area contributed by atoms with Crippen molar-refractivity contribution in [3.63, 3.8) is 0 Å². The standard InChI is InChI=1S/C17H16N2O3S/c1-23(21,22)16-7-5-13(6-8-16)9-10-19-17(20)15-4-2-3-14(11-15)12-18/h2-8,11H,9-10H2,1H3,(H,19,20). The van der Waals surface area contributed by atoms with E-state index in [9.17, 15) is 13.2 Å². The summed E-state index contributed by atoms with van der Waals surface area (Å²) in [6, 6.07) is 15.1. The second kappa shape index (κ2) is 7.07. The van der Waals surface area contributed by atoms with Crippen molar-refractivity contribution in [3.8, 4) is 6.07 Å². The highest BCUT2D eigenvalue weighted by atomic mass is 32.2. The Morgan fingerprint density at radius 2 is 1.87 bits per heavy atom. The number of benzene rings is 2. The SMILES string of the molecule is CS(=O)(=O)c1ccc(CCNC(=O)c2cccc(C#N)c2)cc1. The maximum absolute atomic E-state index is 12.0. The maximum atomic E-state index is 12.0. The molecule has 23 heavy (non-hydrogen) atoms. The third kappa shape index (κ3) is 4.66. The lowest BCUT2D eigenvalue weighted by Crippen LogP contribution is -2.25. The summed E-state index contributed by atoms with van der Waals surface area (Å²) in [5.74, 6) is -0.241. The van der Waals surface area contributed by atoms with Gasteiger partial charge in [-0.25, -0.2) is 8.42 Å². The van der Waals surface area contributed by atoms with E-state index in [0.717, 1.165) is 11.8 Å². The topological polar surface area (TPSA) is 87.0 Å². The molecule has 0 bridgehead atoms. The molecule has 0 atom stereocenters. The lowest BCUT2D eigenvalue weighted by molar-refractivity contribution is 0.0954. The van der Waals surface area contributed by atoms with Crippen molar-refractivity contribution in [2.75, 3.05) is 12.8 Å². The number of nitriles is 1. The summed E-state index contributed by atoms with van der Waals surface area (Å²) in [6.07, 6.45) is 1.76. The highest BCUT2D eigenvalue weighted by molar-refractivity contribution is 7.90. The molecule has 5 nitrogen and oxygen atoms in total. The van der Waals surface area contributed by atoms with Crippen LogP contribution in [0.5, 0.6) is 0 Å². The molecule has 1 amide bonds. The molecule has 0 aliphatic heterocycles. The van der Waals surface area contributed by atoms with E-state index in [1.54, 1.807) is 42.5 Å². The Balaban J connectivity index is 1.92. The minimum absolute atomic E-state index is 0.241. The van der Waals surface area contributed by atoms with Gasteiger partial charge in [-0.05, 0) is 42.3 Å².